The number of hydrogen-bond acceptors (Lipinski definition) is 1. The Bertz CT molecular complexity index is 3780. The van der Waals surface area contributed by atoms with Crippen molar-refractivity contribution in [3.8, 4) is 50.2 Å². The van der Waals surface area contributed by atoms with Crippen molar-refractivity contribution >= 4 is 38.9 Å². The largest absolute Gasteiger partial charge is 0.310 e. The molecule has 0 bridgehead atoms. The smallest absolute Gasteiger partial charge is 0.0714 e. The van der Waals surface area contributed by atoms with Crippen molar-refractivity contribution in [2.45, 2.75) is 5.41 Å². The predicted molar refractivity (Wildman–Crippen MR) is 289 cm³/mol. The van der Waals surface area contributed by atoms with Crippen LogP contribution in [0.3, 0.4) is 0 Å². The Morgan fingerprint density at radius 3 is 1.54 bits per heavy atom. The quantitative estimate of drug-likeness (QED) is 0.140. The number of anilines is 3. The maximum absolute atomic E-state index is 2.49. The number of para-hydroxylation sites is 3. The van der Waals surface area contributed by atoms with Gasteiger partial charge < -0.3 is 9.47 Å². The number of benzene rings is 11. The second kappa shape index (κ2) is 16.7. The summed E-state index contributed by atoms with van der Waals surface area (Å²) in [7, 11) is 0. The van der Waals surface area contributed by atoms with E-state index in [2.05, 4.69) is 289 Å². The van der Waals surface area contributed by atoms with E-state index in [0.717, 1.165) is 39.4 Å². The van der Waals surface area contributed by atoms with Crippen LogP contribution in [-0.2, 0) is 5.41 Å². The van der Waals surface area contributed by atoms with Gasteiger partial charge in [0.05, 0.1) is 22.1 Å². The summed E-state index contributed by atoms with van der Waals surface area (Å²) in [6, 6.07) is 102. The standard InChI is InChI=1S/C67H46N2/c1-6-22-47(23-7-1)55-42-39-53(45-61(55)48-24-8-2-9-25-48)68(52-30-14-5-15-31-52)64-36-20-17-32-56(64)49-38-41-60-59-34-18-21-37-65(59)69(66(60)44-49)54-40-43-58-57-33-16-19-35-62(57)67(63(58)46-54,50-26-10-3-11-27-50)51-28-12-4-13-29-51/h1-46H. The Kier molecular flexibility index (Phi) is 9.77. The monoisotopic (exact) mass is 878 g/mol. The van der Waals surface area contributed by atoms with Crippen molar-refractivity contribution in [1.82, 2.24) is 4.57 Å². The molecule has 0 unspecified atom stereocenters. The highest BCUT2D eigenvalue weighted by Gasteiger charge is 2.46. The van der Waals surface area contributed by atoms with Crippen molar-refractivity contribution in [2.75, 3.05) is 4.90 Å². The molecule has 2 heteroatoms. The molecule has 13 rings (SSSR count). The minimum atomic E-state index is -0.506. The lowest BCUT2D eigenvalue weighted by atomic mass is 9.67. The Balaban J connectivity index is 1.02. The summed E-state index contributed by atoms with van der Waals surface area (Å²) < 4.78 is 2.49. The Morgan fingerprint density at radius 2 is 0.826 bits per heavy atom. The first-order valence-electron chi connectivity index (χ1n) is 23.8. The zero-order valence-corrected chi connectivity index (χ0v) is 38.0. The molecule has 12 aromatic rings. The predicted octanol–water partition coefficient (Wildman–Crippen LogP) is 17.6. The molecule has 1 aromatic heterocycles. The first-order chi connectivity index (χ1) is 34.3. The average Bonchev–Trinajstić information content (AvgIpc) is 3.92. The van der Waals surface area contributed by atoms with Gasteiger partial charge in [0.1, 0.15) is 0 Å². The molecule has 0 saturated heterocycles. The van der Waals surface area contributed by atoms with E-state index in [0.29, 0.717) is 0 Å². The van der Waals surface area contributed by atoms with Crippen molar-refractivity contribution in [1.29, 1.82) is 0 Å². The van der Waals surface area contributed by atoms with Gasteiger partial charge in [-0.1, -0.05) is 224 Å². The van der Waals surface area contributed by atoms with Crippen LogP contribution >= 0.6 is 0 Å². The molecule has 324 valence electrons. The first kappa shape index (κ1) is 40.3. The van der Waals surface area contributed by atoms with Gasteiger partial charge in [0, 0.05) is 33.4 Å². The maximum Gasteiger partial charge on any atom is 0.0714 e. The van der Waals surface area contributed by atoms with Gasteiger partial charge in [-0.05, 0) is 116 Å². The SMILES string of the molecule is c1ccc(-c2ccc(N(c3ccccc3)c3ccccc3-c3ccc4c5ccccc5n(-c5ccc6c(c5)C(c5ccccc5)(c5ccccc5)c5ccccc5-6)c4c3)cc2-c2ccccc2)cc1. The Labute approximate surface area is 403 Å². The number of fused-ring (bicyclic) bond motifs is 6. The number of nitrogens with zero attached hydrogens (tertiary/aromatic N) is 2. The lowest BCUT2D eigenvalue weighted by Gasteiger charge is -2.34. The van der Waals surface area contributed by atoms with Crippen LogP contribution in [0.5, 0.6) is 0 Å². The zero-order chi connectivity index (χ0) is 45.7. The average molecular weight is 879 g/mol. The van der Waals surface area contributed by atoms with Crippen LogP contribution in [0.4, 0.5) is 17.1 Å². The minimum Gasteiger partial charge on any atom is -0.310 e. The molecule has 0 fully saturated rings. The Morgan fingerprint density at radius 1 is 0.290 bits per heavy atom. The van der Waals surface area contributed by atoms with E-state index >= 15 is 0 Å². The van der Waals surface area contributed by atoms with Gasteiger partial charge in [-0.3, -0.25) is 0 Å². The summed E-state index contributed by atoms with van der Waals surface area (Å²) in [5.41, 5.74) is 20.9. The molecule has 0 amide bonds. The highest BCUT2D eigenvalue weighted by Crippen LogP contribution is 2.57. The van der Waals surface area contributed by atoms with E-state index in [9.17, 15) is 0 Å². The fourth-order valence-electron chi connectivity index (χ4n) is 11.3. The van der Waals surface area contributed by atoms with E-state index < -0.39 is 5.41 Å². The second-order valence-corrected chi connectivity index (χ2v) is 18.0. The third-order valence-electron chi connectivity index (χ3n) is 14.3. The molecule has 0 N–H and O–H groups in total. The van der Waals surface area contributed by atoms with E-state index in [4.69, 9.17) is 0 Å². The molecular weight excluding hydrogens is 833 g/mol. The molecule has 69 heavy (non-hydrogen) atoms. The number of hydrogen-bond donors (Lipinski definition) is 0. The summed E-state index contributed by atoms with van der Waals surface area (Å²) >= 11 is 0. The fourth-order valence-corrected chi connectivity index (χ4v) is 11.3. The van der Waals surface area contributed by atoms with Crippen molar-refractivity contribution in [3.05, 3.63) is 301 Å². The third-order valence-corrected chi connectivity index (χ3v) is 14.3. The van der Waals surface area contributed by atoms with Gasteiger partial charge in [-0.25, -0.2) is 0 Å². The van der Waals surface area contributed by atoms with Crippen LogP contribution in [0.15, 0.2) is 279 Å². The first-order valence-corrected chi connectivity index (χ1v) is 23.8. The Hall–Kier alpha value is -8.98. The molecule has 2 nitrogen and oxygen atoms in total. The highest BCUT2D eigenvalue weighted by molar-refractivity contribution is 6.11. The molecular formula is C67H46N2. The molecule has 1 aliphatic rings. The molecule has 0 spiro atoms. The van der Waals surface area contributed by atoms with Gasteiger partial charge in [0.2, 0.25) is 0 Å². The molecule has 0 aliphatic heterocycles. The molecule has 0 radical (unpaired) electrons. The lowest BCUT2D eigenvalue weighted by Crippen LogP contribution is -2.28. The van der Waals surface area contributed by atoms with E-state index in [1.54, 1.807) is 0 Å². The normalized spacial score (nSPS) is 12.5. The summed E-state index contributed by atoms with van der Waals surface area (Å²) in [6.07, 6.45) is 0. The van der Waals surface area contributed by atoms with Gasteiger partial charge in [-0.2, -0.15) is 0 Å². The summed E-state index contributed by atoms with van der Waals surface area (Å²) in [4.78, 5) is 2.42. The topological polar surface area (TPSA) is 8.17 Å². The third kappa shape index (κ3) is 6.56. The molecule has 1 aliphatic carbocycles. The fraction of sp³-hybridized carbons (Fsp3) is 0.0149. The van der Waals surface area contributed by atoms with Crippen molar-refractivity contribution in [3.63, 3.8) is 0 Å². The van der Waals surface area contributed by atoms with Crippen LogP contribution in [0.2, 0.25) is 0 Å². The highest BCUT2D eigenvalue weighted by atomic mass is 15.1. The minimum absolute atomic E-state index is 0.506. The maximum atomic E-state index is 2.49. The van der Waals surface area contributed by atoms with Gasteiger partial charge >= 0.3 is 0 Å². The lowest BCUT2D eigenvalue weighted by molar-refractivity contribution is 0.767. The number of rotatable bonds is 9. The van der Waals surface area contributed by atoms with Crippen LogP contribution in [0.25, 0.3) is 72.0 Å². The van der Waals surface area contributed by atoms with Crippen LogP contribution < -0.4 is 4.90 Å². The van der Waals surface area contributed by atoms with Crippen molar-refractivity contribution in [2.24, 2.45) is 0 Å². The molecule has 0 atom stereocenters. The van der Waals surface area contributed by atoms with Crippen LogP contribution in [-0.4, -0.2) is 4.57 Å². The summed E-state index contributed by atoms with van der Waals surface area (Å²) in [5.74, 6) is 0. The summed E-state index contributed by atoms with van der Waals surface area (Å²) in [6.45, 7) is 0. The van der Waals surface area contributed by atoms with Crippen LogP contribution in [0, 0.1) is 0 Å². The van der Waals surface area contributed by atoms with Crippen molar-refractivity contribution < 1.29 is 0 Å². The van der Waals surface area contributed by atoms with E-state index in [1.807, 2.05) is 0 Å². The van der Waals surface area contributed by atoms with E-state index in [-0.39, 0.29) is 0 Å². The molecule has 1 heterocycles. The van der Waals surface area contributed by atoms with E-state index in [1.165, 1.54) is 71.9 Å². The van der Waals surface area contributed by atoms with Gasteiger partial charge in [0.25, 0.3) is 0 Å². The van der Waals surface area contributed by atoms with Crippen LogP contribution in [0.1, 0.15) is 22.3 Å². The second-order valence-electron chi connectivity index (χ2n) is 18.0. The number of aromatic nitrogens is 1. The summed E-state index contributed by atoms with van der Waals surface area (Å²) in [5, 5.41) is 2.45. The van der Waals surface area contributed by atoms with Gasteiger partial charge in [-0.15, -0.1) is 0 Å². The molecule has 11 aromatic carbocycles. The van der Waals surface area contributed by atoms with Gasteiger partial charge in [0.15, 0.2) is 0 Å². The zero-order valence-electron chi connectivity index (χ0n) is 38.0. The molecule has 0 saturated carbocycles.